The third-order valence-electron chi connectivity index (χ3n) is 1.93. The van der Waals surface area contributed by atoms with E-state index in [1.54, 1.807) is 12.4 Å². The molecule has 2 rings (SSSR count). The third kappa shape index (κ3) is 1.83. The highest BCUT2D eigenvalue weighted by atomic mass is 16.1. The largest absolute Gasteiger partial charge is 0.285 e. The van der Waals surface area contributed by atoms with Crippen molar-refractivity contribution in [1.82, 2.24) is 15.0 Å². The molecule has 0 atom stereocenters. The van der Waals surface area contributed by atoms with Gasteiger partial charge in [-0.2, -0.15) is 0 Å². The minimum atomic E-state index is -0.438. The van der Waals surface area contributed by atoms with Crippen molar-refractivity contribution in [2.24, 2.45) is 0 Å². The average molecular weight is 212 g/mol. The molecule has 2 heterocycles. The standard InChI is InChI=1S/C11H6N3O2/c15-7-8-2-1-3-14-10(8)11(16)9-6-12-4-5-13-9/h1-6H. The van der Waals surface area contributed by atoms with Gasteiger partial charge in [0.05, 0.1) is 11.8 Å². The lowest BCUT2D eigenvalue weighted by atomic mass is 10.1. The van der Waals surface area contributed by atoms with E-state index in [0.717, 1.165) is 0 Å². The summed E-state index contributed by atoms with van der Waals surface area (Å²) in [5, 5.41) is 0. The van der Waals surface area contributed by atoms with Crippen molar-refractivity contribution in [3.8, 4) is 0 Å². The van der Waals surface area contributed by atoms with Crippen molar-refractivity contribution in [2.45, 2.75) is 0 Å². The fraction of sp³-hybridized carbons (Fsp3) is 0. The second-order valence-electron chi connectivity index (χ2n) is 2.92. The van der Waals surface area contributed by atoms with E-state index in [1.165, 1.54) is 30.9 Å². The first kappa shape index (κ1) is 10.1. The molecule has 0 bridgehead atoms. The summed E-state index contributed by atoms with van der Waals surface area (Å²) < 4.78 is 0. The number of hydrogen-bond donors (Lipinski definition) is 0. The minimum Gasteiger partial charge on any atom is -0.285 e. The Kier molecular flexibility index (Phi) is 2.77. The number of ketones is 1. The molecule has 0 amide bonds. The molecular formula is C11H6N3O2. The summed E-state index contributed by atoms with van der Waals surface area (Å²) >= 11 is 0. The van der Waals surface area contributed by atoms with Crippen molar-refractivity contribution in [3.63, 3.8) is 0 Å². The van der Waals surface area contributed by atoms with Gasteiger partial charge in [-0.25, -0.2) is 4.98 Å². The zero-order valence-electron chi connectivity index (χ0n) is 8.12. The molecule has 0 aliphatic rings. The van der Waals surface area contributed by atoms with E-state index in [9.17, 15) is 9.59 Å². The van der Waals surface area contributed by atoms with Crippen LogP contribution in [-0.4, -0.2) is 27.0 Å². The van der Waals surface area contributed by atoms with Crippen LogP contribution in [0.2, 0.25) is 0 Å². The van der Waals surface area contributed by atoms with Gasteiger partial charge in [-0.1, -0.05) is 0 Å². The highest BCUT2D eigenvalue weighted by Gasteiger charge is 2.16. The Morgan fingerprint density at radius 1 is 1.19 bits per heavy atom. The maximum absolute atomic E-state index is 11.9. The molecule has 0 unspecified atom stereocenters. The van der Waals surface area contributed by atoms with E-state index in [4.69, 9.17) is 0 Å². The van der Waals surface area contributed by atoms with Gasteiger partial charge in [0.25, 0.3) is 0 Å². The molecule has 0 saturated carbocycles. The van der Waals surface area contributed by atoms with Crippen molar-refractivity contribution in [3.05, 3.63) is 53.9 Å². The summed E-state index contributed by atoms with van der Waals surface area (Å²) in [6, 6.07) is 3.04. The smallest absolute Gasteiger partial charge is 0.235 e. The topological polar surface area (TPSA) is 72.8 Å². The van der Waals surface area contributed by atoms with E-state index < -0.39 is 5.78 Å². The quantitative estimate of drug-likeness (QED) is 0.695. The number of carbonyl (C=O) groups excluding carboxylic acids is 2. The van der Waals surface area contributed by atoms with Gasteiger partial charge in [0, 0.05) is 18.6 Å². The molecule has 0 N–H and O–H groups in total. The van der Waals surface area contributed by atoms with Crippen LogP contribution in [0.3, 0.4) is 0 Å². The van der Waals surface area contributed by atoms with Gasteiger partial charge in [-0.3, -0.25) is 19.6 Å². The Morgan fingerprint density at radius 3 is 2.75 bits per heavy atom. The zero-order chi connectivity index (χ0) is 11.4. The molecule has 0 spiro atoms. The summed E-state index contributed by atoms with van der Waals surface area (Å²) in [6.45, 7) is 0. The first-order valence-electron chi connectivity index (χ1n) is 4.47. The number of aromatic nitrogens is 3. The molecule has 2 aromatic rings. The highest BCUT2D eigenvalue weighted by Crippen LogP contribution is 2.07. The van der Waals surface area contributed by atoms with Gasteiger partial charge in [0.2, 0.25) is 12.1 Å². The Morgan fingerprint density at radius 2 is 2.06 bits per heavy atom. The highest BCUT2D eigenvalue weighted by molar-refractivity contribution is 6.10. The average Bonchev–Trinajstić information content (AvgIpc) is 2.39. The summed E-state index contributed by atoms with van der Waals surface area (Å²) in [5.41, 5.74) is 0.314. The zero-order valence-corrected chi connectivity index (χ0v) is 8.12. The normalized spacial score (nSPS) is 9.75. The summed E-state index contributed by atoms with van der Waals surface area (Å²) in [7, 11) is 0. The monoisotopic (exact) mass is 212 g/mol. The molecule has 5 nitrogen and oxygen atoms in total. The Labute approximate surface area is 91.2 Å². The molecule has 0 aromatic carbocycles. The number of rotatable bonds is 3. The van der Waals surface area contributed by atoms with Crippen molar-refractivity contribution in [1.29, 1.82) is 0 Å². The van der Waals surface area contributed by atoms with E-state index >= 15 is 0 Å². The number of nitrogens with zero attached hydrogens (tertiary/aromatic N) is 3. The predicted octanol–water partition coefficient (Wildman–Crippen LogP) is 0.560. The van der Waals surface area contributed by atoms with Crippen LogP contribution < -0.4 is 0 Å². The molecule has 1 radical (unpaired) electrons. The number of hydrogen-bond acceptors (Lipinski definition) is 5. The number of pyridine rings is 1. The van der Waals surface area contributed by atoms with Crippen LogP contribution in [0.25, 0.3) is 0 Å². The predicted molar refractivity (Wildman–Crippen MR) is 54.5 cm³/mol. The first-order chi connectivity index (χ1) is 7.83. The third-order valence-corrected chi connectivity index (χ3v) is 1.93. The van der Waals surface area contributed by atoms with Gasteiger partial charge in [-0.05, 0) is 12.1 Å². The van der Waals surface area contributed by atoms with Gasteiger partial charge in [0.15, 0.2) is 0 Å². The van der Waals surface area contributed by atoms with Gasteiger partial charge < -0.3 is 0 Å². The van der Waals surface area contributed by atoms with E-state index in [-0.39, 0.29) is 17.0 Å². The minimum absolute atomic E-state index is 0.0398. The lowest BCUT2D eigenvalue weighted by molar-refractivity contribution is 0.102. The molecule has 16 heavy (non-hydrogen) atoms. The SMILES string of the molecule is O=[C]c1cccnc1C(=O)c1cnccn1. The Hall–Kier alpha value is -2.43. The molecule has 2 aromatic heterocycles. The molecule has 0 aliphatic heterocycles. The van der Waals surface area contributed by atoms with Crippen LogP contribution in [0, 0.1) is 0 Å². The van der Waals surface area contributed by atoms with Crippen molar-refractivity contribution in [2.75, 3.05) is 0 Å². The van der Waals surface area contributed by atoms with Crippen LogP contribution in [0.5, 0.6) is 0 Å². The van der Waals surface area contributed by atoms with E-state index in [2.05, 4.69) is 15.0 Å². The summed E-state index contributed by atoms with van der Waals surface area (Å²) in [6.07, 6.45) is 7.29. The maximum Gasteiger partial charge on any atom is 0.235 e. The van der Waals surface area contributed by atoms with E-state index in [0.29, 0.717) is 0 Å². The van der Waals surface area contributed by atoms with Crippen LogP contribution in [-0.2, 0) is 4.79 Å². The second-order valence-corrected chi connectivity index (χ2v) is 2.92. The Bertz CT molecular complexity index is 526. The fourth-order valence-electron chi connectivity index (χ4n) is 1.21. The van der Waals surface area contributed by atoms with E-state index in [1.807, 2.05) is 0 Å². The summed E-state index contributed by atoms with van der Waals surface area (Å²) in [4.78, 5) is 34.0. The van der Waals surface area contributed by atoms with Crippen LogP contribution >= 0.6 is 0 Å². The van der Waals surface area contributed by atoms with Crippen LogP contribution in [0.1, 0.15) is 21.7 Å². The van der Waals surface area contributed by atoms with Crippen molar-refractivity contribution >= 4 is 12.1 Å². The molecule has 77 valence electrons. The molecule has 0 saturated heterocycles. The molecule has 0 fully saturated rings. The molecule has 0 aliphatic carbocycles. The lowest BCUT2D eigenvalue weighted by Gasteiger charge is -2.00. The maximum atomic E-state index is 11.9. The van der Waals surface area contributed by atoms with Gasteiger partial charge in [0.1, 0.15) is 11.4 Å². The molecular weight excluding hydrogens is 206 g/mol. The fourth-order valence-corrected chi connectivity index (χ4v) is 1.21. The lowest BCUT2D eigenvalue weighted by Crippen LogP contribution is -2.09. The number of carbonyl (C=O) groups is 1. The van der Waals surface area contributed by atoms with Gasteiger partial charge >= 0.3 is 0 Å². The van der Waals surface area contributed by atoms with Gasteiger partial charge in [-0.15, -0.1) is 0 Å². The summed E-state index contributed by atoms with van der Waals surface area (Å²) in [5.74, 6) is -0.438. The van der Waals surface area contributed by atoms with Crippen LogP contribution in [0.4, 0.5) is 0 Å². The molecule has 5 heteroatoms. The second kappa shape index (κ2) is 4.39. The van der Waals surface area contributed by atoms with Crippen molar-refractivity contribution < 1.29 is 9.59 Å². The first-order valence-corrected chi connectivity index (χ1v) is 4.47. The van der Waals surface area contributed by atoms with Crippen LogP contribution in [0.15, 0.2) is 36.9 Å². The Balaban J connectivity index is 2.46.